The summed E-state index contributed by atoms with van der Waals surface area (Å²) in [4.78, 5) is 12.4. The average Bonchev–Trinajstić information content (AvgIpc) is 3.05. The number of nitrogens with zero attached hydrogens (tertiary/aromatic N) is 4. The monoisotopic (exact) mass is 360 g/mol. The van der Waals surface area contributed by atoms with Crippen molar-refractivity contribution in [2.75, 3.05) is 0 Å². The summed E-state index contributed by atoms with van der Waals surface area (Å²) in [6.07, 6.45) is 0. The number of carbonyl (C=O) groups is 1. The fraction of sp³-hybridized carbons (Fsp3) is 0.176. The number of aromatic nitrogens is 4. The Labute approximate surface area is 147 Å². The van der Waals surface area contributed by atoms with Gasteiger partial charge in [-0.1, -0.05) is 29.5 Å². The molecule has 1 aromatic heterocycles. The molecular weight excluding hydrogens is 346 g/mol. The molecule has 0 saturated carbocycles. The van der Waals surface area contributed by atoms with Crippen LogP contribution in [0, 0.1) is 18.6 Å². The number of hydrogen-bond acceptors (Lipinski definition) is 5. The molecule has 0 bridgehead atoms. The Morgan fingerprint density at radius 1 is 1.12 bits per heavy atom. The molecule has 3 rings (SSSR count). The minimum Gasteiger partial charge on any atom is -0.293 e. The second kappa shape index (κ2) is 7.10. The van der Waals surface area contributed by atoms with Gasteiger partial charge in [0.1, 0.15) is 0 Å². The van der Waals surface area contributed by atoms with Gasteiger partial charge in [-0.05, 0) is 54.6 Å². The van der Waals surface area contributed by atoms with Crippen LogP contribution in [0.1, 0.15) is 22.8 Å². The number of hydrogen-bond donors (Lipinski definition) is 0. The van der Waals surface area contributed by atoms with Crippen LogP contribution in [0.4, 0.5) is 8.78 Å². The third kappa shape index (κ3) is 3.74. The van der Waals surface area contributed by atoms with Crippen molar-refractivity contribution in [2.24, 2.45) is 0 Å². The standard InChI is InChI=1S/C17H14F2N4OS/c1-10-3-6-13(7-4-10)23-17(20-21-22-23)25-11(2)16(24)12-5-8-14(18)15(19)9-12/h3-9,11H,1-2H3/t11-/m1/s1. The van der Waals surface area contributed by atoms with Crippen molar-refractivity contribution in [1.29, 1.82) is 0 Å². The zero-order valence-corrected chi connectivity index (χ0v) is 14.3. The molecule has 0 aliphatic carbocycles. The van der Waals surface area contributed by atoms with Gasteiger partial charge >= 0.3 is 0 Å². The number of aryl methyl sites for hydroxylation is 1. The third-order valence-electron chi connectivity index (χ3n) is 3.57. The van der Waals surface area contributed by atoms with E-state index in [2.05, 4.69) is 15.5 Å². The van der Waals surface area contributed by atoms with E-state index in [1.54, 1.807) is 6.92 Å². The molecule has 0 spiro atoms. The molecule has 2 aromatic carbocycles. The molecule has 0 saturated heterocycles. The molecule has 128 valence electrons. The van der Waals surface area contributed by atoms with Crippen LogP contribution in [0.3, 0.4) is 0 Å². The highest BCUT2D eigenvalue weighted by molar-refractivity contribution is 8.00. The van der Waals surface area contributed by atoms with Crippen LogP contribution < -0.4 is 0 Å². The van der Waals surface area contributed by atoms with E-state index in [0.717, 1.165) is 35.1 Å². The third-order valence-corrected chi connectivity index (χ3v) is 4.61. The van der Waals surface area contributed by atoms with Gasteiger partial charge in [0.15, 0.2) is 17.4 Å². The van der Waals surface area contributed by atoms with Gasteiger partial charge in [0.25, 0.3) is 0 Å². The fourth-order valence-corrected chi connectivity index (χ4v) is 3.08. The van der Waals surface area contributed by atoms with Gasteiger partial charge < -0.3 is 0 Å². The Morgan fingerprint density at radius 3 is 2.52 bits per heavy atom. The zero-order chi connectivity index (χ0) is 18.0. The summed E-state index contributed by atoms with van der Waals surface area (Å²) in [5.74, 6) is -2.37. The number of ketones is 1. The lowest BCUT2D eigenvalue weighted by atomic mass is 10.1. The van der Waals surface area contributed by atoms with E-state index in [9.17, 15) is 13.6 Å². The Kier molecular flexibility index (Phi) is 4.89. The van der Waals surface area contributed by atoms with Gasteiger partial charge in [0, 0.05) is 5.56 Å². The molecular formula is C17H14F2N4OS. The molecule has 1 heterocycles. The van der Waals surface area contributed by atoms with E-state index in [1.807, 2.05) is 31.2 Å². The second-order valence-corrected chi connectivity index (χ2v) is 6.77. The van der Waals surface area contributed by atoms with Crippen LogP contribution in [0.15, 0.2) is 47.6 Å². The molecule has 0 N–H and O–H groups in total. The van der Waals surface area contributed by atoms with Crippen molar-refractivity contribution in [1.82, 2.24) is 20.2 Å². The smallest absolute Gasteiger partial charge is 0.214 e. The van der Waals surface area contributed by atoms with Crippen LogP contribution >= 0.6 is 11.8 Å². The number of benzene rings is 2. The van der Waals surface area contributed by atoms with Crippen molar-refractivity contribution in [3.05, 3.63) is 65.2 Å². The number of rotatable bonds is 5. The summed E-state index contributed by atoms with van der Waals surface area (Å²) in [5, 5.41) is 11.4. The fourth-order valence-electron chi connectivity index (χ4n) is 2.20. The molecule has 5 nitrogen and oxygen atoms in total. The minimum atomic E-state index is -1.05. The first kappa shape index (κ1) is 17.2. The van der Waals surface area contributed by atoms with Crippen LogP contribution in [-0.2, 0) is 0 Å². The molecule has 0 fully saturated rings. The maximum absolute atomic E-state index is 13.3. The second-order valence-electron chi connectivity index (χ2n) is 5.46. The van der Waals surface area contributed by atoms with Gasteiger partial charge in [-0.15, -0.1) is 5.10 Å². The Hall–Kier alpha value is -2.61. The van der Waals surface area contributed by atoms with Crippen LogP contribution in [0.2, 0.25) is 0 Å². The summed E-state index contributed by atoms with van der Waals surface area (Å²) in [7, 11) is 0. The van der Waals surface area contributed by atoms with Crippen molar-refractivity contribution < 1.29 is 13.6 Å². The summed E-state index contributed by atoms with van der Waals surface area (Å²) >= 11 is 1.15. The Morgan fingerprint density at radius 2 is 1.84 bits per heavy atom. The Bertz CT molecular complexity index is 911. The predicted octanol–water partition coefficient (Wildman–Crippen LogP) is 3.61. The van der Waals surface area contributed by atoms with Crippen LogP contribution in [-0.4, -0.2) is 31.2 Å². The van der Waals surface area contributed by atoms with Gasteiger partial charge in [0.2, 0.25) is 5.16 Å². The molecule has 0 unspecified atom stereocenters. The van der Waals surface area contributed by atoms with E-state index in [-0.39, 0.29) is 11.3 Å². The highest BCUT2D eigenvalue weighted by Crippen LogP contribution is 2.25. The molecule has 0 radical (unpaired) electrons. The predicted molar refractivity (Wildman–Crippen MR) is 89.9 cm³/mol. The Balaban J connectivity index is 1.80. The first-order valence-electron chi connectivity index (χ1n) is 7.47. The molecule has 8 heteroatoms. The highest BCUT2D eigenvalue weighted by atomic mass is 32.2. The average molecular weight is 360 g/mol. The lowest BCUT2D eigenvalue weighted by Crippen LogP contribution is -2.15. The minimum absolute atomic E-state index is 0.105. The van der Waals surface area contributed by atoms with E-state index in [0.29, 0.717) is 5.16 Å². The summed E-state index contributed by atoms with van der Waals surface area (Å²) < 4.78 is 27.9. The van der Waals surface area contributed by atoms with Crippen molar-refractivity contribution in [3.8, 4) is 5.69 Å². The largest absolute Gasteiger partial charge is 0.293 e. The molecule has 0 aliphatic rings. The van der Waals surface area contributed by atoms with Gasteiger partial charge in [-0.2, -0.15) is 4.68 Å². The number of halogens is 2. The number of tetrazole rings is 1. The zero-order valence-electron chi connectivity index (χ0n) is 13.5. The molecule has 1 atom stereocenters. The molecule has 25 heavy (non-hydrogen) atoms. The number of carbonyl (C=O) groups excluding carboxylic acids is 1. The van der Waals surface area contributed by atoms with Gasteiger partial charge in [0.05, 0.1) is 10.9 Å². The molecule has 0 aliphatic heterocycles. The number of thioether (sulfide) groups is 1. The molecule has 0 amide bonds. The summed E-state index contributed by atoms with van der Waals surface area (Å²) in [6.45, 7) is 3.64. The normalized spacial score (nSPS) is 12.2. The number of Topliss-reactive ketones (excluding diaryl/α,β-unsaturated/α-hetero) is 1. The van der Waals surface area contributed by atoms with Crippen molar-refractivity contribution in [2.45, 2.75) is 24.3 Å². The van der Waals surface area contributed by atoms with Gasteiger partial charge in [-0.25, -0.2) is 8.78 Å². The van der Waals surface area contributed by atoms with Crippen LogP contribution in [0.5, 0.6) is 0 Å². The van der Waals surface area contributed by atoms with E-state index < -0.39 is 16.9 Å². The highest BCUT2D eigenvalue weighted by Gasteiger charge is 2.21. The first-order chi connectivity index (χ1) is 12.0. The van der Waals surface area contributed by atoms with E-state index in [4.69, 9.17) is 0 Å². The summed E-state index contributed by atoms with van der Waals surface area (Å²) in [6, 6.07) is 10.7. The lowest BCUT2D eigenvalue weighted by molar-refractivity contribution is 0.0993. The van der Waals surface area contributed by atoms with Crippen molar-refractivity contribution in [3.63, 3.8) is 0 Å². The summed E-state index contributed by atoms with van der Waals surface area (Å²) in [5.41, 5.74) is 1.98. The van der Waals surface area contributed by atoms with E-state index >= 15 is 0 Å². The van der Waals surface area contributed by atoms with E-state index in [1.165, 1.54) is 10.7 Å². The molecule has 3 aromatic rings. The maximum Gasteiger partial charge on any atom is 0.214 e. The maximum atomic E-state index is 13.3. The lowest BCUT2D eigenvalue weighted by Gasteiger charge is -2.10. The SMILES string of the molecule is Cc1ccc(-n2nnnc2S[C@H](C)C(=O)c2ccc(F)c(F)c2)cc1. The van der Waals surface area contributed by atoms with Crippen molar-refractivity contribution >= 4 is 17.5 Å². The van der Waals surface area contributed by atoms with Gasteiger partial charge in [-0.3, -0.25) is 4.79 Å². The first-order valence-corrected chi connectivity index (χ1v) is 8.35. The van der Waals surface area contributed by atoms with Crippen LogP contribution in [0.25, 0.3) is 5.69 Å². The quantitative estimate of drug-likeness (QED) is 0.514. The topological polar surface area (TPSA) is 60.7 Å².